The molecule has 1 aromatic rings. The lowest BCUT2D eigenvalue weighted by atomic mass is 9.67. The van der Waals surface area contributed by atoms with E-state index in [1.165, 1.54) is 14.0 Å². The summed E-state index contributed by atoms with van der Waals surface area (Å²) in [7, 11) is 1.47. The maximum absolute atomic E-state index is 13.5. The number of carbonyl (C=O) groups is 3. The number of allylic oxidation sites excluding steroid dienone is 1. The van der Waals surface area contributed by atoms with Gasteiger partial charge in [0.15, 0.2) is 0 Å². The van der Waals surface area contributed by atoms with E-state index in [1.807, 2.05) is 6.92 Å². The summed E-state index contributed by atoms with van der Waals surface area (Å²) >= 11 is 0. The van der Waals surface area contributed by atoms with Crippen molar-refractivity contribution in [2.24, 2.45) is 5.73 Å². The second-order valence-electron chi connectivity index (χ2n) is 7.14. The van der Waals surface area contributed by atoms with Crippen LogP contribution in [0.15, 0.2) is 47.1 Å². The molecule has 9 heteroatoms. The van der Waals surface area contributed by atoms with Crippen LogP contribution in [0.4, 0.5) is 5.69 Å². The molecule has 166 valence electrons. The molecule has 0 saturated heterocycles. The van der Waals surface area contributed by atoms with Gasteiger partial charge in [0.1, 0.15) is 28.9 Å². The molecule has 1 atom stereocenters. The Morgan fingerprint density at radius 1 is 1.10 bits per heavy atom. The lowest BCUT2D eigenvalue weighted by Crippen LogP contribution is -2.48. The van der Waals surface area contributed by atoms with E-state index in [0.717, 1.165) is 6.42 Å². The molecule has 3 N–H and O–H groups in total. The number of nitrogens with one attached hydrogen (secondary N) is 1. The number of methoxy groups -OCH3 is 1. The van der Waals surface area contributed by atoms with Gasteiger partial charge >= 0.3 is 11.9 Å². The lowest BCUT2D eigenvalue weighted by molar-refractivity contribution is -0.144. The molecule has 1 amide bonds. The Kier molecular flexibility index (Phi) is 6.65. The predicted molar refractivity (Wildman–Crippen MR) is 110 cm³/mol. The third-order valence-electron chi connectivity index (χ3n) is 5.19. The van der Waals surface area contributed by atoms with Crippen LogP contribution in [-0.2, 0) is 38.7 Å². The minimum absolute atomic E-state index is 0.0407. The van der Waals surface area contributed by atoms with Crippen molar-refractivity contribution < 1.29 is 33.3 Å². The number of benzene rings is 1. The Balaban J connectivity index is 2.18. The van der Waals surface area contributed by atoms with Gasteiger partial charge in [-0.15, -0.1) is 0 Å². The van der Waals surface area contributed by atoms with Crippen LogP contribution in [0, 0.1) is 0 Å². The van der Waals surface area contributed by atoms with Crippen LogP contribution in [0.5, 0.6) is 0 Å². The minimum Gasteiger partial charge on any atom is -0.462 e. The van der Waals surface area contributed by atoms with E-state index in [-0.39, 0.29) is 42.6 Å². The molecular weight excluding hydrogens is 404 g/mol. The van der Waals surface area contributed by atoms with Gasteiger partial charge in [-0.2, -0.15) is 0 Å². The Morgan fingerprint density at radius 2 is 1.77 bits per heavy atom. The number of nitrogens with two attached hydrogens (primary N) is 1. The second kappa shape index (κ2) is 9.22. The van der Waals surface area contributed by atoms with Crippen LogP contribution >= 0.6 is 0 Å². The zero-order valence-corrected chi connectivity index (χ0v) is 17.8. The van der Waals surface area contributed by atoms with Crippen molar-refractivity contribution >= 4 is 23.5 Å². The molecule has 1 aromatic carbocycles. The molecule has 0 fully saturated rings. The molecule has 9 nitrogen and oxygen atoms in total. The van der Waals surface area contributed by atoms with Crippen LogP contribution in [-0.4, -0.2) is 44.8 Å². The van der Waals surface area contributed by atoms with E-state index in [1.54, 1.807) is 24.3 Å². The minimum atomic E-state index is -1.85. The van der Waals surface area contributed by atoms with Crippen LogP contribution in [0.1, 0.15) is 32.3 Å². The Morgan fingerprint density at radius 3 is 2.48 bits per heavy atom. The number of amides is 1. The van der Waals surface area contributed by atoms with Gasteiger partial charge in [0.25, 0.3) is 0 Å². The van der Waals surface area contributed by atoms with Gasteiger partial charge in [0.2, 0.25) is 11.8 Å². The highest BCUT2D eigenvalue weighted by molar-refractivity contribution is 6.21. The molecule has 2 aliphatic rings. The molecule has 0 radical (unpaired) electrons. The maximum atomic E-state index is 13.5. The van der Waals surface area contributed by atoms with Gasteiger partial charge in [0.05, 0.1) is 13.2 Å². The van der Waals surface area contributed by atoms with E-state index in [2.05, 4.69) is 5.32 Å². The van der Waals surface area contributed by atoms with E-state index in [0.29, 0.717) is 17.7 Å². The number of hydrogen-bond donors (Lipinski definition) is 2. The molecule has 0 bridgehead atoms. The Bertz CT molecular complexity index is 920. The highest BCUT2D eigenvalue weighted by Gasteiger charge is 2.61. The first-order valence-corrected chi connectivity index (χ1v) is 10.0. The van der Waals surface area contributed by atoms with Crippen molar-refractivity contribution in [2.45, 2.75) is 32.1 Å². The molecular formula is C22H26N2O7. The third-order valence-corrected chi connectivity index (χ3v) is 5.19. The van der Waals surface area contributed by atoms with Crippen LogP contribution in [0.2, 0.25) is 0 Å². The molecule has 0 aliphatic carbocycles. The van der Waals surface area contributed by atoms with Gasteiger partial charge in [-0.3, -0.25) is 4.79 Å². The standard InChI is InChI=1S/C22H26N2O7/c1-4-5-10-29-20(26)17-18(23)31-13(2)16(19(25)30-12-11-28-3)22(17)14-8-6-7-9-15(14)24-21(22)27/h6-9H,4-5,10-12,23H2,1-3H3,(H,24,27)/t22-/m0/s1. The average Bonchev–Trinajstić information content (AvgIpc) is 3.00. The number of ether oxygens (including phenoxy) is 4. The summed E-state index contributed by atoms with van der Waals surface area (Å²) in [5.41, 5.74) is 4.74. The number of carbonyl (C=O) groups excluding carboxylic acids is 3. The number of anilines is 1. The van der Waals surface area contributed by atoms with Gasteiger partial charge in [-0.25, -0.2) is 9.59 Å². The van der Waals surface area contributed by atoms with Crippen LogP contribution < -0.4 is 11.1 Å². The number of rotatable bonds is 8. The summed E-state index contributed by atoms with van der Waals surface area (Å²) in [6, 6.07) is 6.77. The molecule has 2 heterocycles. The summed E-state index contributed by atoms with van der Waals surface area (Å²) in [5.74, 6) is -2.48. The van der Waals surface area contributed by atoms with Crippen LogP contribution in [0.3, 0.4) is 0 Å². The molecule has 3 rings (SSSR count). The highest BCUT2D eigenvalue weighted by Crippen LogP contribution is 2.52. The lowest BCUT2D eigenvalue weighted by Gasteiger charge is -2.35. The third kappa shape index (κ3) is 3.76. The first-order valence-electron chi connectivity index (χ1n) is 10.0. The predicted octanol–water partition coefficient (Wildman–Crippen LogP) is 1.88. The zero-order valence-electron chi connectivity index (χ0n) is 17.8. The first-order chi connectivity index (χ1) is 14.9. The molecule has 2 aliphatic heterocycles. The molecule has 0 unspecified atom stereocenters. The Labute approximate surface area is 180 Å². The van der Waals surface area contributed by atoms with E-state index >= 15 is 0 Å². The topological polar surface area (TPSA) is 126 Å². The van der Waals surface area contributed by atoms with Crippen molar-refractivity contribution in [3.8, 4) is 0 Å². The number of unbranched alkanes of at least 4 members (excludes halogenated alkanes) is 1. The number of fused-ring (bicyclic) bond motifs is 2. The van der Waals surface area contributed by atoms with Crippen molar-refractivity contribution in [3.05, 3.63) is 52.6 Å². The van der Waals surface area contributed by atoms with Crippen molar-refractivity contribution in [1.82, 2.24) is 0 Å². The highest BCUT2D eigenvalue weighted by atomic mass is 16.6. The number of para-hydroxylation sites is 1. The van der Waals surface area contributed by atoms with Crippen molar-refractivity contribution in [3.63, 3.8) is 0 Å². The SMILES string of the molecule is CCCCOC(=O)C1=C(N)OC(C)=C(C(=O)OCCOC)[C@]12C(=O)Nc1ccccc12. The molecule has 1 spiro atoms. The van der Waals surface area contributed by atoms with E-state index < -0.39 is 23.3 Å². The summed E-state index contributed by atoms with van der Waals surface area (Å²) in [5, 5.41) is 2.74. The average molecular weight is 430 g/mol. The summed E-state index contributed by atoms with van der Waals surface area (Å²) in [4.78, 5) is 39.7. The fourth-order valence-corrected chi connectivity index (χ4v) is 3.82. The smallest absolute Gasteiger partial charge is 0.341 e. The van der Waals surface area contributed by atoms with Gasteiger partial charge in [-0.1, -0.05) is 31.5 Å². The number of hydrogen-bond acceptors (Lipinski definition) is 8. The van der Waals surface area contributed by atoms with E-state index in [9.17, 15) is 14.4 Å². The summed E-state index contributed by atoms with van der Waals surface area (Å²) < 4.78 is 21.1. The fourth-order valence-electron chi connectivity index (χ4n) is 3.82. The van der Waals surface area contributed by atoms with Crippen molar-refractivity contribution in [2.75, 3.05) is 32.2 Å². The molecule has 0 saturated carbocycles. The normalized spacial score (nSPS) is 19.8. The fraction of sp³-hybridized carbons (Fsp3) is 0.409. The first kappa shape index (κ1) is 22.4. The summed E-state index contributed by atoms with van der Waals surface area (Å²) in [6.07, 6.45) is 1.44. The molecule has 31 heavy (non-hydrogen) atoms. The van der Waals surface area contributed by atoms with Crippen LogP contribution in [0.25, 0.3) is 0 Å². The van der Waals surface area contributed by atoms with Crippen molar-refractivity contribution in [1.29, 1.82) is 0 Å². The number of esters is 2. The quantitative estimate of drug-likeness (QED) is 0.473. The van der Waals surface area contributed by atoms with Gasteiger partial charge in [0, 0.05) is 18.4 Å². The zero-order chi connectivity index (χ0) is 22.6. The Hall–Kier alpha value is -3.33. The molecule has 0 aromatic heterocycles. The van der Waals surface area contributed by atoms with Gasteiger partial charge in [-0.05, 0) is 19.4 Å². The summed E-state index contributed by atoms with van der Waals surface area (Å²) in [6.45, 7) is 3.71. The second-order valence-corrected chi connectivity index (χ2v) is 7.14. The maximum Gasteiger partial charge on any atom is 0.341 e. The van der Waals surface area contributed by atoms with E-state index in [4.69, 9.17) is 24.7 Å². The largest absolute Gasteiger partial charge is 0.462 e. The monoisotopic (exact) mass is 430 g/mol. The van der Waals surface area contributed by atoms with Gasteiger partial charge < -0.3 is 30.0 Å².